The SMILES string of the molecule is CC(C)c1ccc2ccc(-c3[c-]cccc3)nc2c1.O=C1CCCC2CCCC(O)=C12.[Ir]. The van der Waals surface area contributed by atoms with E-state index in [1.165, 1.54) is 10.9 Å². The minimum absolute atomic E-state index is 0. The van der Waals surface area contributed by atoms with Gasteiger partial charge in [-0.1, -0.05) is 38.1 Å². The van der Waals surface area contributed by atoms with Gasteiger partial charge in [0.25, 0.3) is 0 Å². The number of Topliss-reactive ketones (excluding diaryl/α,β-unsaturated/α-hetero) is 1. The Morgan fingerprint density at radius 3 is 2.47 bits per heavy atom. The van der Waals surface area contributed by atoms with Crippen LogP contribution in [0.5, 0.6) is 0 Å². The van der Waals surface area contributed by atoms with Crippen molar-refractivity contribution in [3.8, 4) is 11.3 Å². The molecule has 1 unspecified atom stereocenters. The first kappa shape index (κ1) is 24.4. The van der Waals surface area contributed by atoms with E-state index in [4.69, 9.17) is 4.98 Å². The maximum Gasteiger partial charge on any atom is 0.162 e. The van der Waals surface area contributed by atoms with Crippen LogP contribution >= 0.6 is 0 Å². The van der Waals surface area contributed by atoms with Crippen molar-refractivity contribution in [3.05, 3.63) is 77.6 Å². The second-order valence-corrected chi connectivity index (χ2v) is 8.84. The first-order chi connectivity index (χ1) is 15.0. The number of hydrogen-bond acceptors (Lipinski definition) is 3. The van der Waals surface area contributed by atoms with E-state index < -0.39 is 0 Å². The Labute approximate surface area is 204 Å². The van der Waals surface area contributed by atoms with Gasteiger partial charge < -0.3 is 5.11 Å². The van der Waals surface area contributed by atoms with Gasteiger partial charge in [-0.05, 0) is 60.2 Å². The van der Waals surface area contributed by atoms with Crippen molar-refractivity contribution in [2.24, 2.45) is 5.92 Å². The summed E-state index contributed by atoms with van der Waals surface area (Å²) >= 11 is 0. The van der Waals surface area contributed by atoms with Crippen LogP contribution in [0.25, 0.3) is 22.2 Å². The van der Waals surface area contributed by atoms with Crippen molar-refractivity contribution in [1.82, 2.24) is 4.98 Å². The molecule has 0 amide bonds. The number of aliphatic hydroxyl groups excluding tert-OH is 1. The molecular formula is C28H30IrNO2-. The number of rotatable bonds is 2. The topological polar surface area (TPSA) is 50.2 Å². The van der Waals surface area contributed by atoms with Gasteiger partial charge in [-0.15, -0.1) is 35.9 Å². The Morgan fingerprint density at radius 1 is 1.03 bits per heavy atom. The zero-order chi connectivity index (χ0) is 21.8. The fourth-order valence-electron chi connectivity index (χ4n) is 4.55. The van der Waals surface area contributed by atoms with E-state index >= 15 is 0 Å². The molecule has 0 bridgehead atoms. The predicted octanol–water partition coefficient (Wildman–Crippen LogP) is 7.17. The summed E-state index contributed by atoms with van der Waals surface area (Å²) in [5.41, 5.74) is 5.18. The molecule has 2 aliphatic rings. The molecule has 1 N–H and O–H groups in total. The number of ketones is 1. The summed E-state index contributed by atoms with van der Waals surface area (Å²) in [6.45, 7) is 4.41. The first-order valence-electron chi connectivity index (χ1n) is 11.4. The van der Waals surface area contributed by atoms with E-state index in [1.807, 2.05) is 24.3 Å². The summed E-state index contributed by atoms with van der Waals surface area (Å²) in [7, 11) is 0. The number of aromatic nitrogens is 1. The molecule has 169 valence electrons. The van der Waals surface area contributed by atoms with E-state index in [-0.39, 0.29) is 25.9 Å². The molecule has 3 nitrogen and oxygen atoms in total. The van der Waals surface area contributed by atoms with Crippen LogP contribution in [0.3, 0.4) is 0 Å². The Hall–Kier alpha value is -2.29. The monoisotopic (exact) mass is 605 g/mol. The number of aliphatic hydroxyl groups is 1. The number of pyridine rings is 1. The van der Waals surface area contributed by atoms with Crippen LogP contribution < -0.4 is 0 Å². The Bertz CT molecular complexity index is 1100. The van der Waals surface area contributed by atoms with Crippen molar-refractivity contribution < 1.29 is 30.0 Å². The summed E-state index contributed by atoms with van der Waals surface area (Å²) in [5, 5.41) is 10.7. The molecule has 1 atom stereocenters. The minimum Gasteiger partial charge on any atom is -0.512 e. The number of carbonyl (C=O) groups is 1. The van der Waals surface area contributed by atoms with Crippen LogP contribution in [0, 0.1) is 12.0 Å². The maximum atomic E-state index is 11.4. The second-order valence-electron chi connectivity index (χ2n) is 8.84. The molecule has 2 aromatic carbocycles. The molecule has 5 rings (SSSR count). The summed E-state index contributed by atoms with van der Waals surface area (Å²) in [4.78, 5) is 16.2. The molecule has 1 saturated carbocycles. The van der Waals surface area contributed by atoms with Crippen molar-refractivity contribution in [2.45, 2.75) is 58.3 Å². The number of allylic oxidation sites excluding steroid dienone is 2. The van der Waals surface area contributed by atoms with Gasteiger partial charge >= 0.3 is 0 Å². The average Bonchev–Trinajstić information content (AvgIpc) is 2.79. The Balaban J connectivity index is 0.000000193. The van der Waals surface area contributed by atoms with E-state index in [0.717, 1.165) is 54.5 Å². The summed E-state index contributed by atoms with van der Waals surface area (Å²) < 4.78 is 0. The van der Waals surface area contributed by atoms with Crippen molar-refractivity contribution in [3.63, 3.8) is 0 Å². The summed E-state index contributed by atoms with van der Waals surface area (Å²) in [6, 6.07) is 21.9. The number of benzene rings is 2. The summed E-state index contributed by atoms with van der Waals surface area (Å²) in [5.74, 6) is 1.50. The predicted molar refractivity (Wildman–Crippen MR) is 126 cm³/mol. The van der Waals surface area contributed by atoms with Crippen molar-refractivity contribution >= 4 is 16.7 Å². The van der Waals surface area contributed by atoms with Gasteiger partial charge in [0.1, 0.15) is 0 Å². The van der Waals surface area contributed by atoms with Crippen LogP contribution in [0.15, 0.2) is 65.9 Å². The van der Waals surface area contributed by atoms with Gasteiger partial charge in [0.15, 0.2) is 5.78 Å². The molecule has 0 saturated heterocycles. The van der Waals surface area contributed by atoms with E-state index in [9.17, 15) is 9.90 Å². The Kier molecular flexibility index (Phi) is 8.39. The van der Waals surface area contributed by atoms with Gasteiger partial charge in [0, 0.05) is 38.5 Å². The Morgan fingerprint density at radius 2 is 1.78 bits per heavy atom. The molecule has 0 aliphatic heterocycles. The number of fused-ring (bicyclic) bond motifs is 2. The number of nitrogens with zero attached hydrogens (tertiary/aromatic N) is 1. The fraction of sp³-hybridized carbons (Fsp3) is 0.357. The molecule has 1 fully saturated rings. The second kappa shape index (κ2) is 11.0. The molecule has 4 heteroatoms. The zero-order valence-electron chi connectivity index (χ0n) is 18.7. The molecule has 3 aromatic rings. The average molecular weight is 605 g/mol. The quantitative estimate of drug-likeness (QED) is 0.316. The van der Waals surface area contributed by atoms with Crippen LogP contribution in [0.1, 0.15) is 63.9 Å². The number of carbonyl (C=O) groups excluding carboxylic acids is 1. The summed E-state index contributed by atoms with van der Waals surface area (Å²) in [6.07, 6.45) is 5.64. The minimum atomic E-state index is 0. The largest absolute Gasteiger partial charge is 0.512 e. The zero-order valence-corrected chi connectivity index (χ0v) is 21.1. The van der Waals surface area contributed by atoms with E-state index in [0.29, 0.717) is 24.0 Å². The molecule has 1 radical (unpaired) electrons. The van der Waals surface area contributed by atoms with Gasteiger partial charge in [-0.3, -0.25) is 9.78 Å². The van der Waals surface area contributed by atoms with Gasteiger partial charge in [0.05, 0.1) is 11.3 Å². The molecule has 1 heterocycles. The van der Waals surface area contributed by atoms with Crippen LogP contribution in [-0.4, -0.2) is 15.9 Å². The molecule has 0 spiro atoms. The molecule has 1 aromatic heterocycles. The smallest absolute Gasteiger partial charge is 0.162 e. The van der Waals surface area contributed by atoms with Gasteiger partial charge in [0.2, 0.25) is 0 Å². The third-order valence-electron chi connectivity index (χ3n) is 6.31. The van der Waals surface area contributed by atoms with Gasteiger partial charge in [-0.25, -0.2) is 0 Å². The first-order valence-corrected chi connectivity index (χ1v) is 11.4. The van der Waals surface area contributed by atoms with Crippen LogP contribution in [-0.2, 0) is 24.9 Å². The third kappa shape index (κ3) is 5.54. The van der Waals surface area contributed by atoms with Gasteiger partial charge in [-0.2, -0.15) is 0 Å². The molecule has 32 heavy (non-hydrogen) atoms. The fourth-order valence-corrected chi connectivity index (χ4v) is 4.55. The molecular weight excluding hydrogens is 575 g/mol. The van der Waals surface area contributed by atoms with Crippen LogP contribution in [0.4, 0.5) is 0 Å². The van der Waals surface area contributed by atoms with Crippen molar-refractivity contribution in [2.75, 3.05) is 0 Å². The third-order valence-corrected chi connectivity index (χ3v) is 6.31. The maximum absolute atomic E-state index is 11.4. The molecule has 2 aliphatic carbocycles. The number of hydrogen-bond donors (Lipinski definition) is 1. The van der Waals surface area contributed by atoms with E-state index in [1.54, 1.807) is 0 Å². The normalized spacial score (nSPS) is 18.0. The van der Waals surface area contributed by atoms with Crippen molar-refractivity contribution in [1.29, 1.82) is 0 Å². The standard InChI is InChI=1S/C18H16N.C10H14O2.Ir/c1-13(2)16-9-8-15-10-11-17(19-18(15)12-16)14-6-4-3-5-7-14;11-8-5-1-3-7-4-2-6-9(12)10(7)8;/h3-6,8-13H,1-2H3;7,11H,1-6H2;/q-1;;. The van der Waals surface area contributed by atoms with Crippen LogP contribution in [0.2, 0.25) is 0 Å². The van der Waals surface area contributed by atoms with E-state index in [2.05, 4.69) is 50.2 Å².